The summed E-state index contributed by atoms with van der Waals surface area (Å²) in [7, 11) is 0. The molecule has 0 aromatic rings. The Morgan fingerprint density at radius 3 is 0.800 bits per heavy atom. The second kappa shape index (κ2) is 15.7. The first kappa shape index (κ1) is 15.7. The Labute approximate surface area is 56.7 Å². The Hall–Kier alpha value is -1.72. The normalized spacial score (nSPS) is 5.20. The highest BCUT2D eigenvalue weighted by atomic mass is 16.6. The van der Waals surface area contributed by atoms with Gasteiger partial charge in [-0.15, -0.1) is 13.2 Å². The topological polar surface area (TPSA) is 115 Å². The summed E-state index contributed by atoms with van der Waals surface area (Å²) in [4.78, 5) is 17.1. The molecule has 0 bridgehead atoms. The van der Waals surface area contributed by atoms with Gasteiger partial charge >= 0.3 is 12.3 Å². The SMILES string of the molecule is C=C.O=C(O)O.O=C(O)O. The molecule has 0 radical (unpaired) electrons. The van der Waals surface area contributed by atoms with Gasteiger partial charge in [-0.1, -0.05) is 0 Å². The van der Waals surface area contributed by atoms with Crippen LogP contribution in [-0.4, -0.2) is 32.7 Å². The fraction of sp³-hybridized carbons (Fsp3) is 0. The average molecular weight is 152 g/mol. The highest BCUT2D eigenvalue weighted by Crippen LogP contribution is 1.43. The third kappa shape index (κ3) is 59.2. The van der Waals surface area contributed by atoms with Gasteiger partial charge in [-0.05, 0) is 0 Å². The molecule has 0 heterocycles. The van der Waals surface area contributed by atoms with Gasteiger partial charge in [0.2, 0.25) is 0 Å². The van der Waals surface area contributed by atoms with Crippen LogP contribution >= 0.6 is 0 Å². The van der Waals surface area contributed by atoms with E-state index in [1.54, 1.807) is 0 Å². The summed E-state index contributed by atoms with van der Waals surface area (Å²) in [5.74, 6) is 0. The Balaban J connectivity index is -0.0000000787. The van der Waals surface area contributed by atoms with Crippen molar-refractivity contribution in [3.63, 3.8) is 0 Å². The van der Waals surface area contributed by atoms with Crippen molar-refractivity contribution in [1.82, 2.24) is 0 Å². The molecular formula is C4H8O6. The molecule has 0 saturated heterocycles. The number of hydrogen-bond donors (Lipinski definition) is 4. The van der Waals surface area contributed by atoms with Crippen LogP contribution in [0.3, 0.4) is 0 Å². The van der Waals surface area contributed by atoms with Crippen LogP contribution in [0.5, 0.6) is 0 Å². The molecule has 0 amide bonds. The second-order valence-corrected chi connectivity index (χ2v) is 0.565. The standard InChI is InChI=1S/C2H4.2CH2O3/c1-2;2*2-1(3)4/h1-2H2;2*(H2,2,3,4). The summed E-state index contributed by atoms with van der Waals surface area (Å²) in [5, 5.41) is 27.9. The molecular weight excluding hydrogens is 144 g/mol. The van der Waals surface area contributed by atoms with E-state index in [4.69, 9.17) is 30.0 Å². The third-order valence-electron chi connectivity index (χ3n) is 0. The number of rotatable bonds is 0. The lowest BCUT2D eigenvalue weighted by Gasteiger charge is -1.60. The van der Waals surface area contributed by atoms with E-state index in [2.05, 4.69) is 13.2 Å². The van der Waals surface area contributed by atoms with Gasteiger partial charge in [-0.3, -0.25) is 0 Å². The van der Waals surface area contributed by atoms with Gasteiger partial charge in [0.25, 0.3) is 0 Å². The van der Waals surface area contributed by atoms with Crippen molar-refractivity contribution in [2.75, 3.05) is 0 Å². The minimum Gasteiger partial charge on any atom is -0.450 e. The van der Waals surface area contributed by atoms with Crippen molar-refractivity contribution in [3.05, 3.63) is 13.2 Å². The van der Waals surface area contributed by atoms with Crippen LogP contribution in [0.1, 0.15) is 0 Å². The van der Waals surface area contributed by atoms with E-state index in [0.717, 1.165) is 0 Å². The average Bonchev–Trinajstić information content (AvgIpc) is 1.66. The first-order valence-electron chi connectivity index (χ1n) is 1.80. The maximum Gasteiger partial charge on any atom is 0.503 e. The quantitative estimate of drug-likeness (QED) is 0.388. The highest BCUT2D eigenvalue weighted by molar-refractivity contribution is 5.53. The Bertz CT molecular complexity index is 77.9. The molecule has 0 saturated carbocycles. The summed E-state index contributed by atoms with van der Waals surface area (Å²) in [6.45, 7) is 6.00. The van der Waals surface area contributed by atoms with Gasteiger partial charge in [0.05, 0.1) is 0 Å². The molecule has 0 aromatic heterocycles. The van der Waals surface area contributed by atoms with E-state index in [9.17, 15) is 0 Å². The first-order valence-corrected chi connectivity index (χ1v) is 1.80. The van der Waals surface area contributed by atoms with Crippen LogP contribution in [0.2, 0.25) is 0 Å². The van der Waals surface area contributed by atoms with Gasteiger partial charge in [-0.2, -0.15) is 0 Å². The zero-order valence-corrected chi connectivity index (χ0v) is 5.02. The van der Waals surface area contributed by atoms with Crippen LogP contribution < -0.4 is 0 Å². The predicted octanol–water partition coefficient (Wildman–Crippen LogP) is 1.25. The van der Waals surface area contributed by atoms with Crippen molar-refractivity contribution in [1.29, 1.82) is 0 Å². The van der Waals surface area contributed by atoms with Crippen LogP contribution in [-0.2, 0) is 0 Å². The van der Waals surface area contributed by atoms with E-state index in [-0.39, 0.29) is 0 Å². The first-order chi connectivity index (χ1) is 4.46. The molecule has 6 heteroatoms. The number of carboxylic acid groups (broad SMARTS) is 4. The zero-order chi connectivity index (χ0) is 9.15. The number of hydrogen-bond acceptors (Lipinski definition) is 2. The second-order valence-electron chi connectivity index (χ2n) is 0.565. The number of carbonyl (C=O) groups is 2. The smallest absolute Gasteiger partial charge is 0.450 e. The van der Waals surface area contributed by atoms with Crippen molar-refractivity contribution in [3.8, 4) is 0 Å². The van der Waals surface area contributed by atoms with Gasteiger partial charge in [0.1, 0.15) is 0 Å². The van der Waals surface area contributed by atoms with Gasteiger partial charge in [0.15, 0.2) is 0 Å². The molecule has 0 aliphatic heterocycles. The molecule has 0 unspecified atom stereocenters. The summed E-state index contributed by atoms with van der Waals surface area (Å²) >= 11 is 0. The van der Waals surface area contributed by atoms with Crippen LogP contribution in [0.25, 0.3) is 0 Å². The van der Waals surface area contributed by atoms with Crippen LogP contribution in [0, 0.1) is 0 Å². The molecule has 0 fully saturated rings. The lowest BCUT2D eigenvalue weighted by Crippen LogP contribution is -1.81. The summed E-state index contributed by atoms with van der Waals surface area (Å²) in [6.07, 6.45) is -3.67. The molecule has 0 aliphatic carbocycles. The molecule has 0 atom stereocenters. The maximum atomic E-state index is 8.56. The zero-order valence-electron chi connectivity index (χ0n) is 5.02. The summed E-state index contributed by atoms with van der Waals surface area (Å²) in [5.41, 5.74) is 0. The van der Waals surface area contributed by atoms with Gasteiger partial charge < -0.3 is 20.4 Å². The third-order valence-corrected chi connectivity index (χ3v) is 0. The predicted molar refractivity (Wildman–Crippen MR) is 32.6 cm³/mol. The van der Waals surface area contributed by atoms with Gasteiger partial charge in [-0.25, -0.2) is 9.59 Å². The summed E-state index contributed by atoms with van der Waals surface area (Å²) < 4.78 is 0. The van der Waals surface area contributed by atoms with Crippen LogP contribution in [0.15, 0.2) is 13.2 Å². The van der Waals surface area contributed by atoms with Crippen molar-refractivity contribution in [2.45, 2.75) is 0 Å². The van der Waals surface area contributed by atoms with E-state index in [0.29, 0.717) is 0 Å². The van der Waals surface area contributed by atoms with Crippen LogP contribution in [0.4, 0.5) is 9.59 Å². The molecule has 0 aliphatic rings. The molecule has 60 valence electrons. The fourth-order valence-electron chi connectivity index (χ4n) is 0. The Morgan fingerprint density at radius 2 is 0.800 bits per heavy atom. The highest BCUT2D eigenvalue weighted by Gasteiger charge is 1.70. The summed E-state index contributed by atoms with van der Waals surface area (Å²) in [6, 6.07) is 0. The molecule has 0 spiro atoms. The van der Waals surface area contributed by atoms with E-state index >= 15 is 0 Å². The fourth-order valence-corrected chi connectivity index (χ4v) is 0. The minimum absolute atomic E-state index is 1.83. The monoisotopic (exact) mass is 152 g/mol. The molecule has 0 aromatic carbocycles. The van der Waals surface area contributed by atoms with E-state index in [1.807, 2.05) is 0 Å². The molecule has 4 N–H and O–H groups in total. The molecule has 0 rings (SSSR count). The Kier molecular flexibility index (Phi) is 24.7. The maximum absolute atomic E-state index is 8.56. The van der Waals surface area contributed by atoms with Crippen molar-refractivity contribution < 1.29 is 30.0 Å². The Morgan fingerprint density at radius 1 is 0.800 bits per heavy atom. The largest absolute Gasteiger partial charge is 0.503 e. The lowest BCUT2D eigenvalue weighted by atomic mass is 11.3. The molecule has 10 heavy (non-hydrogen) atoms. The molecule has 6 nitrogen and oxygen atoms in total. The minimum atomic E-state index is -1.83. The van der Waals surface area contributed by atoms with E-state index < -0.39 is 12.3 Å². The van der Waals surface area contributed by atoms with E-state index in [1.165, 1.54) is 0 Å². The van der Waals surface area contributed by atoms with Gasteiger partial charge in [0, 0.05) is 0 Å². The lowest BCUT2D eigenvalue weighted by molar-refractivity contribution is 0.135. The van der Waals surface area contributed by atoms with Crippen molar-refractivity contribution in [2.24, 2.45) is 0 Å². The van der Waals surface area contributed by atoms with Crippen molar-refractivity contribution >= 4 is 12.3 Å².